The van der Waals surface area contributed by atoms with E-state index in [1.54, 1.807) is 48.5 Å². The van der Waals surface area contributed by atoms with Gasteiger partial charge in [-0.25, -0.2) is 14.1 Å². The Hall–Kier alpha value is -4.26. The van der Waals surface area contributed by atoms with Crippen LogP contribution in [0.1, 0.15) is 42.9 Å². The fourth-order valence-corrected chi connectivity index (χ4v) is 3.65. The third-order valence-corrected chi connectivity index (χ3v) is 5.94. The Morgan fingerprint density at radius 3 is 2.23 bits per heavy atom. The molecule has 3 aromatic rings. The summed E-state index contributed by atoms with van der Waals surface area (Å²) in [6, 6.07) is 19.3. The molecular formula is C28H25FN2O4. The normalized spacial score (nSPS) is 15.8. The van der Waals surface area contributed by atoms with Crippen molar-refractivity contribution in [3.63, 3.8) is 0 Å². The molecule has 0 saturated carbocycles. The highest BCUT2D eigenvalue weighted by molar-refractivity contribution is 6.39. The zero-order valence-corrected chi connectivity index (χ0v) is 19.5. The molecule has 0 radical (unpaired) electrons. The third-order valence-electron chi connectivity index (χ3n) is 5.94. The maximum absolute atomic E-state index is 13.1. The van der Waals surface area contributed by atoms with Crippen LogP contribution in [0.2, 0.25) is 0 Å². The fourth-order valence-electron chi connectivity index (χ4n) is 3.65. The van der Waals surface area contributed by atoms with Crippen molar-refractivity contribution >= 4 is 29.6 Å². The minimum atomic E-state index is -0.780. The van der Waals surface area contributed by atoms with E-state index in [0.29, 0.717) is 22.9 Å². The molecule has 4 amide bonds. The summed E-state index contributed by atoms with van der Waals surface area (Å²) in [7, 11) is 0. The molecule has 35 heavy (non-hydrogen) atoms. The van der Waals surface area contributed by atoms with Crippen molar-refractivity contribution in [2.24, 2.45) is 0 Å². The van der Waals surface area contributed by atoms with Crippen molar-refractivity contribution in [2.75, 3.05) is 4.90 Å². The Kier molecular flexibility index (Phi) is 7.06. The standard InChI is InChI=1S/C28H25FN2O4/c1-3-18(2)21-8-12-23(13-9-21)31-27(33)25(26(32)30-28(31)34)16-19-6-14-24(15-7-19)35-17-20-4-10-22(29)11-5-20/h4-16,18H,3,17H2,1-2H3,(H,30,32,34)/b25-16-/t18-/m0/s1. The van der Waals surface area contributed by atoms with Crippen molar-refractivity contribution in [3.05, 3.63) is 101 Å². The fraction of sp³-hybridized carbons (Fsp3) is 0.179. The van der Waals surface area contributed by atoms with E-state index in [4.69, 9.17) is 4.74 Å². The summed E-state index contributed by atoms with van der Waals surface area (Å²) in [6.07, 6.45) is 2.41. The van der Waals surface area contributed by atoms with Crippen LogP contribution in [0.4, 0.5) is 14.9 Å². The number of anilines is 1. The van der Waals surface area contributed by atoms with E-state index in [-0.39, 0.29) is 18.0 Å². The summed E-state index contributed by atoms with van der Waals surface area (Å²) in [5, 5.41) is 2.24. The first-order valence-corrected chi connectivity index (χ1v) is 11.3. The van der Waals surface area contributed by atoms with Crippen molar-refractivity contribution in [2.45, 2.75) is 32.8 Å². The Morgan fingerprint density at radius 1 is 0.943 bits per heavy atom. The first-order valence-electron chi connectivity index (χ1n) is 11.3. The van der Waals surface area contributed by atoms with E-state index >= 15 is 0 Å². The molecule has 1 aliphatic heterocycles. The zero-order valence-electron chi connectivity index (χ0n) is 19.5. The first kappa shape index (κ1) is 23.9. The molecule has 1 saturated heterocycles. The number of ether oxygens (including phenoxy) is 1. The average Bonchev–Trinajstić information content (AvgIpc) is 2.87. The van der Waals surface area contributed by atoms with Gasteiger partial charge in [0.2, 0.25) is 0 Å². The molecule has 7 heteroatoms. The zero-order chi connectivity index (χ0) is 24.9. The molecule has 1 heterocycles. The first-order chi connectivity index (χ1) is 16.9. The maximum Gasteiger partial charge on any atom is 0.335 e. The van der Waals surface area contributed by atoms with Gasteiger partial charge in [0.1, 0.15) is 23.7 Å². The van der Waals surface area contributed by atoms with Gasteiger partial charge in [-0.2, -0.15) is 0 Å². The van der Waals surface area contributed by atoms with Gasteiger partial charge in [0, 0.05) is 0 Å². The third kappa shape index (κ3) is 5.46. The van der Waals surface area contributed by atoms with Crippen molar-refractivity contribution in [1.29, 1.82) is 0 Å². The summed E-state index contributed by atoms with van der Waals surface area (Å²) in [5.74, 6) is -0.810. The van der Waals surface area contributed by atoms with Crippen molar-refractivity contribution in [3.8, 4) is 5.75 Å². The van der Waals surface area contributed by atoms with Crippen molar-refractivity contribution < 1.29 is 23.5 Å². The van der Waals surface area contributed by atoms with E-state index in [1.165, 1.54) is 18.2 Å². The van der Waals surface area contributed by atoms with E-state index in [0.717, 1.165) is 22.4 Å². The largest absolute Gasteiger partial charge is 0.489 e. The Morgan fingerprint density at radius 2 is 1.60 bits per heavy atom. The maximum atomic E-state index is 13.1. The predicted octanol–water partition coefficient (Wildman–Crippen LogP) is 5.58. The number of hydrogen-bond donors (Lipinski definition) is 1. The Balaban J connectivity index is 1.50. The molecule has 0 bridgehead atoms. The molecule has 1 atom stereocenters. The number of carbonyl (C=O) groups excluding carboxylic acids is 3. The van der Waals surface area contributed by atoms with E-state index in [1.807, 2.05) is 12.1 Å². The number of barbiturate groups is 1. The monoisotopic (exact) mass is 472 g/mol. The molecule has 1 N–H and O–H groups in total. The lowest BCUT2D eigenvalue weighted by Gasteiger charge is -2.26. The summed E-state index contributed by atoms with van der Waals surface area (Å²) in [5.41, 5.74) is 2.77. The van der Waals surface area contributed by atoms with Crippen LogP contribution in [0.3, 0.4) is 0 Å². The quantitative estimate of drug-likeness (QED) is 0.360. The number of nitrogens with one attached hydrogen (secondary N) is 1. The second-order valence-corrected chi connectivity index (χ2v) is 8.34. The smallest absolute Gasteiger partial charge is 0.335 e. The number of imide groups is 2. The lowest BCUT2D eigenvalue weighted by Crippen LogP contribution is -2.54. The van der Waals surface area contributed by atoms with Crippen LogP contribution in [-0.2, 0) is 16.2 Å². The number of benzene rings is 3. The van der Waals surface area contributed by atoms with Gasteiger partial charge < -0.3 is 4.74 Å². The molecule has 0 spiro atoms. The minimum Gasteiger partial charge on any atom is -0.489 e. The SMILES string of the molecule is CC[C@H](C)c1ccc(N2C(=O)NC(=O)/C(=C/c3ccc(OCc4ccc(F)cc4)cc3)C2=O)cc1. The molecule has 0 aromatic heterocycles. The molecule has 178 valence electrons. The molecule has 6 nitrogen and oxygen atoms in total. The van der Waals surface area contributed by atoms with Crippen LogP contribution in [0, 0.1) is 5.82 Å². The number of carbonyl (C=O) groups is 3. The van der Waals surface area contributed by atoms with E-state index < -0.39 is 17.8 Å². The number of nitrogens with zero attached hydrogens (tertiary/aromatic N) is 1. The number of hydrogen-bond acceptors (Lipinski definition) is 4. The number of halogens is 1. The second kappa shape index (κ2) is 10.3. The van der Waals surface area contributed by atoms with Gasteiger partial charge in [0.05, 0.1) is 5.69 Å². The predicted molar refractivity (Wildman–Crippen MR) is 131 cm³/mol. The highest BCUT2D eigenvalue weighted by Gasteiger charge is 2.36. The van der Waals surface area contributed by atoms with Crippen LogP contribution < -0.4 is 15.0 Å². The molecule has 0 aliphatic carbocycles. The topological polar surface area (TPSA) is 75.7 Å². The van der Waals surface area contributed by atoms with Crippen LogP contribution in [0.25, 0.3) is 6.08 Å². The number of rotatable bonds is 7. The van der Waals surface area contributed by atoms with E-state index in [2.05, 4.69) is 19.2 Å². The van der Waals surface area contributed by atoms with Gasteiger partial charge in [-0.3, -0.25) is 14.9 Å². The lowest BCUT2D eigenvalue weighted by atomic mass is 9.98. The summed E-state index contributed by atoms with van der Waals surface area (Å²) < 4.78 is 18.7. The summed E-state index contributed by atoms with van der Waals surface area (Å²) >= 11 is 0. The number of urea groups is 1. The molecular weight excluding hydrogens is 447 g/mol. The Bertz CT molecular complexity index is 1270. The van der Waals surface area contributed by atoms with Gasteiger partial charge >= 0.3 is 6.03 Å². The van der Waals surface area contributed by atoms with Crippen LogP contribution >= 0.6 is 0 Å². The van der Waals surface area contributed by atoms with Crippen molar-refractivity contribution in [1.82, 2.24) is 5.32 Å². The van der Waals surface area contributed by atoms with Crippen LogP contribution in [0.15, 0.2) is 78.4 Å². The minimum absolute atomic E-state index is 0.143. The molecule has 1 aliphatic rings. The highest BCUT2D eigenvalue weighted by atomic mass is 19.1. The number of amides is 4. The van der Waals surface area contributed by atoms with Gasteiger partial charge in [0.25, 0.3) is 11.8 Å². The highest BCUT2D eigenvalue weighted by Crippen LogP contribution is 2.26. The van der Waals surface area contributed by atoms with Gasteiger partial charge in [-0.1, -0.05) is 50.2 Å². The molecule has 0 unspecified atom stereocenters. The molecule has 1 fully saturated rings. The lowest BCUT2D eigenvalue weighted by molar-refractivity contribution is -0.122. The molecule has 3 aromatic carbocycles. The van der Waals surface area contributed by atoms with E-state index in [9.17, 15) is 18.8 Å². The van der Waals surface area contributed by atoms with Gasteiger partial charge in [0.15, 0.2) is 0 Å². The van der Waals surface area contributed by atoms with Gasteiger partial charge in [-0.15, -0.1) is 0 Å². The second-order valence-electron chi connectivity index (χ2n) is 8.34. The van der Waals surface area contributed by atoms with Gasteiger partial charge in [-0.05, 0) is 71.5 Å². The van der Waals surface area contributed by atoms with Crippen LogP contribution in [0.5, 0.6) is 5.75 Å². The van der Waals surface area contributed by atoms with Crippen LogP contribution in [-0.4, -0.2) is 17.8 Å². The summed E-state index contributed by atoms with van der Waals surface area (Å²) in [4.78, 5) is 38.9. The Labute approximate surface area is 203 Å². The molecule has 4 rings (SSSR count). The summed E-state index contributed by atoms with van der Waals surface area (Å²) in [6.45, 7) is 4.47. The average molecular weight is 473 g/mol.